The van der Waals surface area contributed by atoms with E-state index in [1.807, 2.05) is 0 Å². The lowest BCUT2D eigenvalue weighted by Crippen LogP contribution is -2.43. The van der Waals surface area contributed by atoms with E-state index in [-0.39, 0.29) is 5.75 Å². The van der Waals surface area contributed by atoms with Crippen LogP contribution in [-0.4, -0.2) is 38.2 Å². The minimum atomic E-state index is -4.42. The van der Waals surface area contributed by atoms with Crippen molar-refractivity contribution in [1.82, 2.24) is 10.2 Å². The molecule has 1 aliphatic rings. The Morgan fingerprint density at radius 1 is 1.30 bits per heavy atom. The van der Waals surface area contributed by atoms with E-state index in [9.17, 15) is 13.2 Å². The number of ether oxygens (including phenoxy) is 1. The van der Waals surface area contributed by atoms with Crippen molar-refractivity contribution in [3.8, 4) is 5.75 Å². The Bertz CT molecular complexity index is 473. The van der Waals surface area contributed by atoms with Gasteiger partial charge in [-0.1, -0.05) is 15.9 Å². The summed E-state index contributed by atoms with van der Waals surface area (Å²) in [6, 6.07) is 2.75. The first kappa shape index (κ1) is 15.6. The number of hydrogen-bond acceptors (Lipinski definition) is 3. The van der Waals surface area contributed by atoms with Crippen LogP contribution in [0.4, 0.5) is 13.2 Å². The zero-order valence-corrected chi connectivity index (χ0v) is 12.6. The van der Waals surface area contributed by atoms with Crippen molar-refractivity contribution in [2.24, 2.45) is 0 Å². The highest BCUT2D eigenvalue weighted by Gasteiger charge is 2.36. The highest BCUT2D eigenvalue weighted by molar-refractivity contribution is 9.10. The van der Waals surface area contributed by atoms with E-state index in [0.29, 0.717) is 16.6 Å². The van der Waals surface area contributed by atoms with Crippen molar-refractivity contribution in [1.29, 1.82) is 0 Å². The largest absolute Gasteiger partial charge is 0.496 e. The molecule has 0 bridgehead atoms. The van der Waals surface area contributed by atoms with E-state index in [0.717, 1.165) is 32.2 Å². The number of alkyl halides is 3. The molecule has 1 N–H and O–H groups in total. The number of rotatable bonds is 3. The van der Waals surface area contributed by atoms with Gasteiger partial charge in [0.15, 0.2) is 0 Å². The zero-order chi connectivity index (χ0) is 14.8. The van der Waals surface area contributed by atoms with E-state index >= 15 is 0 Å². The summed E-state index contributed by atoms with van der Waals surface area (Å²) in [6.45, 7) is 3.78. The van der Waals surface area contributed by atoms with Crippen LogP contribution in [0.2, 0.25) is 0 Å². The van der Waals surface area contributed by atoms with Gasteiger partial charge in [-0.05, 0) is 12.1 Å². The molecule has 0 aromatic heterocycles. The van der Waals surface area contributed by atoms with Crippen LogP contribution >= 0.6 is 15.9 Å². The second-order valence-corrected chi connectivity index (χ2v) is 5.59. The van der Waals surface area contributed by atoms with Crippen molar-refractivity contribution in [2.45, 2.75) is 12.7 Å². The summed E-state index contributed by atoms with van der Waals surface area (Å²) < 4.78 is 44.6. The first-order valence-corrected chi connectivity index (χ1v) is 7.08. The van der Waals surface area contributed by atoms with Crippen LogP contribution in [-0.2, 0) is 12.7 Å². The van der Waals surface area contributed by atoms with Crippen LogP contribution < -0.4 is 10.1 Å². The van der Waals surface area contributed by atoms with Gasteiger partial charge in [0, 0.05) is 42.8 Å². The number of nitrogens with zero attached hydrogens (tertiary/aromatic N) is 1. The second-order valence-electron chi connectivity index (χ2n) is 4.67. The molecule has 1 heterocycles. The Labute approximate surface area is 124 Å². The Kier molecular flexibility index (Phi) is 4.93. The van der Waals surface area contributed by atoms with Gasteiger partial charge in [-0.3, -0.25) is 4.90 Å². The predicted octanol–water partition coefficient (Wildman–Crippen LogP) is 2.88. The summed E-state index contributed by atoms with van der Waals surface area (Å²) in [5, 5.41) is 3.21. The molecule has 0 spiro atoms. The van der Waals surface area contributed by atoms with Crippen molar-refractivity contribution >= 4 is 15.9 Å². The van der Waals surface area contributed by atoms with Crippen LogP contribution in [0.1, 0.15) is 11.1 Å². The van der Waals surface area contributed by atoms with E-state index in [4.69, 9.17) is 4.74 Å². The molecule has 112 valence electrons. The smallest absolute Gasteiger partial charge is 0.420 e. The van der Waals surface area contributed by atoms with Gasteiger partial charge in [-0.2, -0.15) is 13.2 Å². The summed E-state index contributed by atoms with van der Waals surface area (Å²) in [6.07, 6.45) is -4.42. The summed E-state index contributed by atoms with van der Waals surface area (Å²) >= 11 is 3.15. The lowest BCUT2D eigenvalue weighted by atomic mass is 10.1. The quantitative estimate of drug-likeness (QED) is 0.905. The molecule has 0 amide bonds. The topological polar surface area (TPSA) is 24.5 Å². The maximum absolute atomic E-state index is 13.0. The third-order valence-electron chi connectivity index (χ3n) is 3.24. The van der Waals surface area contributed by atoms with Crippen molar-refractivity contribution in [3.05, 3.63) is 27.7 Å². The molecule has 1 fully saturated rings. The monoisotopic (exact) mass is 352 g/mol. The average Bonchev–Trinajstić information content (AvgIpc) is 2.38. The molecule has 0 atom stereocenters. The van der Waals surface area contributed by atoms with Gasteiger partial charge in [0.05, 0.1) is 12.7 Å². The molecule has 1 aromatic rings. The van der Waals surface area contributed by atoms with Crippen molar-refractivity contribution in [2.75, 3.05) is 33.3 Å². The third-order valence-corrected chi connectivity index (χ3v) is 3.70. The van der Waals surface area contributed by atoms with E-state index < -0.39 is 11.7 Å². The predicted molar refractivity (Wildman–Crippen MR) is 73.8 cm³/mol. The third kappa shape index (κ3) is 3.65. The van der Waals surface area contributed by atoms with Crippen LogP contribution in [0.15, 0.2) is 16.6 Å². The Balaban J connectivity index is 2.33. The number of piperazine rings is 1. The van der Waals surface area contributed by atoms with Gasteiger partial charge in [-0.15, -0.1) is 0 Å². The highest BCUT2D eigenvalue weighted by atomic mass is 79.9. The summed E-state index contributed by atoms with van der Waals surface area (Å²) in [4.78, 5) is 2.11. The van der Waals surface area contributed by atoms with Crippen molar-refractivity contribution < 1.29 is 17.9 Å². The SMILES string of the molecule is COc1c(CN2CCNCC2)cc(Br)cc1C(F)(F)F. The molecule has 0 aliphatic carbocycles. The fourth-order valence-corrected chi connectivity index (χ4v) is 2.83. The van der Waals surface area contributed by atoms with Crippen LogP contribution in [0.3, 0.4) is 0 Å². The number of nitrogens with one attached hydrogen (secondary N) is 1. The Morgan fingerprint density at radius 2 is 1.95 bits per heavy atom. The van der Waals surface area contributed by atoms with Gasteiger partial charge in [0.2, 0.25) is 0 Å². The molecule has 1 saturated heterocycles. The lowest BCUT2D eigenvalue weighted by molar-refractivity contribution is -0.138. The van der Waals surface area contributed by atoms with Crippen molar-refractivity contribution in [3.63, 3.8) is 0 Å². The summed E-state index contributed by atoms with van der Waals surface area (Å²) in [5.74, 6) is -0.0840. The molecular formula is C13H16BrF3N2O. The summed E-state index contributed by atoms with van der Waals surface area (Å²) in [5.41, 5.74) is -0.185. The van der Waals surface area contributed by atoms with Gasteiger partial charge < -0.3 is 10.1 Å². The second kappa shape index (κ2) is 6.32. The van der Waals surface area contributed by atoms with Gasteiger partial charge >= 0.3 is 6.18 Å². The first-order valence-electron chi connectivity index (χ1n) is 6.28. The molecule has 20 heavy (non-hydrogen) atoms. The minimum absolute atomic E-state index is 0.0840. The first-order chi connectivity index (χ1) is 9.41. The Hall–Kier alpha value is -0.790. The number of halogens is 4. The van der Waals surface area contributed by atoms with Crippen LogP contribution in [0.5, 0.6) is 5.75 Å². The average molecular weight is 353 g/mol. The van der Waals surface area contributed by atoms with Gasteiger partial charge in [0.1, 0.15) is 5.75 Å². The molecule has 2 rings (SSSR count). The summed E-state index contributed by atoms with van der Waals surface area (Å²) in [7, 11) is 1.28. The normalized spacial score (nSPS) is 17.2. The van der Waals surface area contributed by atoms with Gasteiger partial charge in [0.25, 0.3) is 0 Å². The number of hydrogen-bond donors (Lipinski definition) is 1. The fourth-order valence-electron chi connectivity index (χ4n) is 2.33. The molecule has 1 aromatic carbocycles. The lowest BCUT2D eigenvalue weighted by Gasteiger charge is -2.28. The number of benzene rings is 1. The molecule has 0 saturated carbocycles. The van der Waals surface area contributed by atoms with E-state index in [1.54, 1.807) is 6.07 Å². The van der Waals surface area contributed by atoms with E-state index in [1.165, 1.54) is 7.11 Å². The number of methoxy groups -OCH3 is 1. The van der Waals surface area contributed by atoms with Gasteiger partial charge in [-0.25, -0.2) is 0 Å². The molecule has 1 aliphatic heterocycles. The minimum Gasteiger partial charge on any atom is -0.496 e. The zero-order valence-electron chi connectivity index (χ0n) is 11.1. The van der Waals surface area contributed by atoms with E-state index in [2.05, 4.69) is 26.1 Å². The fraction of sp³-hybridized carbons (Fsp3) is 0.538. The van der Waals surface area contributed by atoms with Crippen LogP contribution in [0, 0.1) is 0 Å². The molecule has 3 nitrogen and oxygen atoms in total. The molecule has 0 unspecified atom stereocenters. The maximum Gasteiger partial charge on any atom is 0.420 e. The molecule has 7 heteroatoms. The standard InChI is InChI=1S/C13H16BrF3N2O/c1-20-12-9(8-19-4-2-18-3-5-19)6-10(14)7-11(12)13(15,16)17/h6-7,18H,2-5,8H2,1H3. The highest BCUT2D eigenvalue weighted by Crippen LogP contribution is 2.40. The molecular weight excluding hydrogens is 337 g/mol. The Morgan fingerprint density at radius 3 is 2.50 bits per heavy atom. The maximum atomic E-state index is 13.0. The molecule has 0 radical (unpaired) electrons. The van der Waals surface area contributed by atoms with Crippen LogP contribution in [0.25, 0.3) is 0 Å².